The van der Waals surface area contributed by atoms with Crippen molar-refractivity contribution in [3.8, 4) is 5.75 Å². The van der Waals surface area contributed by atoms with Crippen LogP contribution in [0.3, 0.4) is 0 Å². The van der Waals surface area contributed by atoms with Crippen LogP contribution in [0.2, 0.25) is 0 Å². The molecule has 1 aromatic carbocycles. The van der Waals surface area contributed by atoms with E-state index in [2.05, 4.69) is 6.58 Å². The van der Waals surface area contributed by atoms with Crippen molar-refractivity contribution in [2.45, 2.75) is 6.42 Å². The number of hydrogen-bond donors (Lipinski definition) is 0. The van der Waals surface area contributed by atoms with Gasteiger partial charge in [-0.2, -0.15) is 0 Å². The molecule has 0 radical (unpaired) electrons. The quantitative estimate of drug-likeness (QED) is 0.429. The molecule has 0 aliphatic heterocycles. The van der Waals surface area contributed by atoms with Gasteiger partial charge < -0.3 is 9.64 Å². The summed E-state index contributed by atoms with van der Waals surface area (Å²) in [7, 11) is 1.69. The van der Waals surface area contributed by atoms with Gasteiger partial charge in [-0.3, -0.25) is 14.9 Å². The Labute approximate surface area is 111 Å². The second-order valence-corrected chi connectivity index (χ2v) is 3.91. The summed E-state index contributed by atoms with van der Waals surface area (Å²) in [5.41, 5.74) is 0.0191. The van der Waals surface area contributed by atoms with Gasteiger partial charge in [0.15, 0.2) is 0 Å². The Morgan fingerprint density at radius 2 is 2.11 bits per heavy atom. The Kier molecular flexibility index (Phi) is 5.53. The predicted molar refractivity (Wildman–Crippen MR) is 71.0 cm³/mol. The lowest BCUT2D eigenvalue weighted by atomic mass is 10.3. The molecule has 0 atom stereocenters. The monoisotopic (exact) mass is 264 g/mol. The van der Waals surface area contributed by atoms with Crippen LogP contribution in [0.5, 0.6) is 5.75 Å². The van der Waals surface area contributed by atoms with Gasteiger partial charge in [0.25, 0.3) is 5.69 Å². The van der Waals surface area contributed by atoms with Crippen molar-refractivity contribution < 1.29 is 14.5 Å². The van der Waals surface area contributed by atoms with E-state index in [1.165, 1.54) is 24.3 Å². The van der Waals surface area contributed by atoms with Gasteiger partial charge in [0, 0.05) is 25.6 Å². The molecule has 0 aromatic heterocycles. The molecule has 0 N–H and O–H groups in total. The molecule has 6 heteroatoms. The van der Waals surface area contributed by atoms with Crippen LogP contribution in [-0.4, -0.2) is 35.9 Å². The molecule has 0 spiro atoms. The molecule has 0 aliphatic carbocycles. The zero-order chi connectivity index (χ0) is 14.3. The van der Waals surface area contributed by atoms with Gasteiger partial charge in [0.2, 0.25) is 5.91 Å². The Morgan fingerprint density at radius 1 is 1.47 bits per heavy atom. The van der Waals surface area contributed by atoms with E-state index in [1.807, 2.05) is 0 Å². The van der Waals surface area contributed by atoms with Gasteiger partial charge in [0.1, 0.15) is 12.4 Å². The molecule has 1 rings (SSSR count). The summed E-state index contributed by atoms with van der Waals surface area (Å²) >= 11 is 0. The summed E-state index contributed by atoms with van der Waals surface area (Å²) in [6, 6.07) is 5.82. The molecule has 0 saturated carbocycles. The Morgan fingerprint density at radius 3 is 2.63 bits per heavy atom. The van der Waals surface area contributed by atoms with Crippen molar-refractivity contribution in [1.29, 1.82) is 0 Å². The Balaban J connectivity index is 2.38. The number of rotatable bonds is 7. The fraction of sp³-hybridized carbons (Fsp3) is 0.308. The van der Waals surface area contributed by atoms with Crippen LogP contribution in [0.25, 0.3) is 0 Å². The van der Waals surface area contributed by atoms with Crippen LogP contribution in [0.4, 0.5) is 5.69 Å². The molecule has 6 nitrogen and oxygen atoms in total. The van der Waals surface area contributed by atoms with E-state index in [1.54, 1.807) is 18.0 Å². The molecule has 0 unspecified atom stereocenters. The first-order chi connectivity index (χ1) is 9.04. The lowest BCUT2D eigenvalue weighted by Crippen LogP contribution is -2.30. The predicted octanol–water partition coefficient (Wildman–Crippen LogP) is 2.01. The van der Waals surface area contributed by atoms with Crippen molar-refractivity contribution in [2.24, 2.45) is 0 Å². The largest absolute Gasteiger partial charge is 0.492 e. The number of carbonyl (C=O) groups excluding carboxylic acids is 1. The third-order valence-electron chi connectivity index (χ3n) is 2.49. The minimum Gasteiger partial charge on any atom is -0.492 e. The van der Waals surface area contributed by atoms with Crippen LogP contribution >= 0.6 is 0 Å². The summed E-state index contributed by atoms with van der Waals surface area (Å²) in [6.07, 6.45) is 1.85. The maximum atomic E-state index is 11.4. The molecule has 1 amide bonds. The molecule has 0 heterocycles. The first-order valence-corrected chi connectivity index (χ1v) is 5.76. The first kappa shape index (κ1) is 14.7. The molecule has 0 bridgehead atoms. The van der Waals surface area contributed by atoms with E-state index >= 15 is 0 Å². The van der Waals surface area contributed by atoms with Crippen molar-refractivity contribution in [1.82, 2.24) is 4.90 Å². The van der Waals surface area contributed by atoms with Crippen LogP contribution in [0.15, 0.2) is 36.9 Å². The standard InChI is InChI=1S/C13H16N2O4/c1-3-4-13(16)14(2)9-10-19-12-7-5-11(6-8-12)15(17)18/h3,5-8H,1,4,9-10H2,2H3. The maximum absolute atomic E-state index is 11.4. The number of benzene rings is 1. The first-order valence-electron chi connectivity index (χ1n) is 5.76. The normalized spacial score (nSPS) is 9.74. The fourth-order valence-corrected chi connectivity index (χ4v) is 1.37. The van der Waals surface area contributed by atoms with Gasteiger partial charge in [-0.15, -0.1) is 6.58 Å². The number of nitro benzene ring substituents is 1. The van der Waals surface area contributed by atoms with E-state index in [9.17, 15) is 14.9 Å². The number of amides is 1. The number of carbonyl (C=O) groups is 1. The zero-order valence-corrected chi connectivity index (χ0v) is 10.7. The van der Waals surface area contributed by atoms with Gasteiger partial charge in [-0.25, -0.2) is 0 Å². The van der Waals surface area contributed by atoms with Crippen molar-refractivity contribution >= 4 is 11.6 Å². The second-order valence-electron chi connectivity index (χ2n) is 3.91. The highest BCUT2D eigenvalue weighted by atomic mass is 16.6. The Bertz CT molecular complexity index is 456. The van der Waals surface area contributed by atoms with Crippen LogP contribution < -0.4 is 4.74 Å². The smallest absolute Gasteiger partial charge is 0.269 e. The summed E-state index contributed by atoms with van der Waals surface area (Å²) in [5.74, 6) is 0.512. The van der Waals surface area contributed by atoms with E-state index in [0.717, 1.165) is 0 Å². The van der Waals surface area contributed by atoms with E-state index in [-0.39, 0.29) is 11.6 Å². The lowest BCUT2D eigenvalue weighted by Gasteiger charge is -2.16. The number of nitrogens with zero attached hydrogens (tertiary/aromatic N) is 2. The molecular weight excluding hydrogens is 248 g/mol. The van der Waals surface area contributed by atoms with Crippen LogP contribution in [0, 0.1) is 10.1 Å². The van der Waals surface area contributed by atoms with E-state index in [4.69, 9.17) is 4.74 Å². The van der Waals surface area contributed by atoms with Gasteiger partial charge in [-0.1, -0.05) is 6.08 Å². The van der Waals surface area contributed by atoms with Crippen molar-refractivity contribution in [3.05, 3.63) is 47.0 Å². The molecule has 19 heavy (non-hydrogen) atoms. The highest BCUT2D eigenvalue weighted by Crippen LogP contribution is 2.17. The van der Waals surface area contributed by atoms with Crippen LogP contribution in [-0.2, 0) is 4.79 Å². The summed E-state index contributed by atoms with van der Waals surface area (Å²) in [5, 5.41) is 10.5. The molecule has 0 aliphatic rings. The lowest BCUT2D eigenvalue weighted by molar-refractivity contribution is -0.384. The van der Waals surface area contributed by atoms with E-state index in [0.29, 0.717) is 25.3 Å². The molecule has 0 saturated heterocycles. The number of hydrogen-bond acceptors (Lipinski definition) is 4. The maximum Gasteiger partial charge on any atom is 0.269 e. The number of ether oxygens (including phenoxy) is 1. The van der Waals surface area contributed by atoms with Crippen LogP contribution in [0.1, 0.15) is 6.42 Å². The number of likely N-dealkylation sites (N-methyl/N-ethyl adjacent to an activating group) is 1. The molecular formula is C13H16N2O4. The zero-order valence-electron chi connectivity index (χ0n) is 10.7. The fourth-order valence-electron chi connectivity index (χ4n) is 1.37. The third-order valence-corrected chi connectivity index (χ3v) is 2.49. The van der Waals surface area contributed by atoms with Gasteiger partial charge >= 0.3 is 0 Å². The average Bonchev–Trinajstić information content (AvgIpc) is 2.39. The summed E-state index contributed by atoms with van der Waals surface area (Å²) in [6.45, 7) is 4.28. The van der Waals surface area contributed by atoms with Crippen molar-refractivity contribution in [2.75, 3.05) is 20.2 Å². The van der Waals surface area contributed by atoms with E-state index < -0.39 is 4.92 Å². The second kappa shape index (κ2) is 7.15. The minimum absolute atomic E-state index is 0.0191. The molecule has 1 aromatic rings. The molecule has 0 fully saturated rings. The topological polar surface area (TPSA) is 72.7 Å². The van der Waals surface area contributed by atoms with Gasteiger partial charge in [0.05, 0.1) is 11.5 Å². The third kappa shape index (κ3) is 4.79. The highest BCUT2D eigenvalue weighted by Gasteiger charge is 2.07. The minimum atomic E-state index is -0.467. The average molecular weight is 264 g/mol. The summed E-state index contributed by atoms with van der Waals surface area (Å²) < 4.78 is 5.40. The highest BCUT2D eigenvalue weighted by molar-refractivity contribution is 5.77. The molecule has 102 valence electrons. The number of non-ortho nitro benzene ring substituents is 1. The van der Waals surface area contributed by atoms with Gasteiger partial charge in [-0.05, 0) is 12.1 Å². The summed E-state index contributed by atoms with van der Waals surface area (Å²) in [4.78, 5) is 23.0. The Hall–Kier alpha value is -2.37. The number of nitro groups is 1. The van der Waals surface area contributed by atoms with Crippen molar-refractivity contribution in [3.63, 3.8) is 0 Å². The SMILES string of the molecule is C=CCC(=O)N(C)CCOc1ccc([N+](=O)[O-])cc1.